The number of aromatic nitrogens is 2. The van der Waals surface area contributed by atoms with Gasteiger partial charge < -0.3 is 14.5 Å². The Bertz CT molecular complexity index is 556. The summed E-state index contributed by atoms with van der Waals surface area (Å²) in [4.78, 5) is 1.81. The molecule has 0 amide bonds. The Labute approximate surface area is 118 Å². The molecule has 0 aliphatic heterocycles. The van der Waals surface area contributed by atoms with Gasteiger partial charge in [0.25, 0.3) is 0 Å². The van der Waals surface area contributed by atoms with Gasteiger partial charge in [0.1, 0.15) is 5.75 Å². The fourth-order valence-corrected chi connectivity index (χ4v) is 1.94. The SMILES string of the molecule is CCNC(C)c1nnc(N(C)c2ccccc2OC)o1. The fraction of sp³-hybridized carbons (Fsp3) is 0.429. The van der Waals surface area contributed by atoms with Gasteiger partial charge in [-0.15, -0.1) is 5.10 Å². The summed E-state index contributed by atoms with van der Waals surface area (Å²) in [5.74, 6) is 1.33. The molecule has 1 aromatic heterocycles. The van der Waals surface area contributed by atoms with E-state index in [1.165, 1.54) is 0 Å². The number of hydrogen-bond acceptors (Lipinski definition) is 6. The average Bonchev–Trinajstić information content (AvgIpc) is 2.96. The van der Waals surface area contributed by atoms with E-state index >= 15 is 0 Å². The van der Waals surface area contributed by atoms with Crippen molar-refractivity contribution < 1.29 is 9.15 Å². The maximum absolute atomic E-state index is 5.70. The van der Waals surface area contributed by atoms with Gasteiger partial charge in [-0.05, 0) is 25.6 Å². The van der Waals surface area contributed by atoms with Gasteiger partial charge in [0.05, 0.1) is 18.8 Å². The van der Waals surface area contributed by atoms with Crippen LogP contribution in [0.15, 0.2) is 28.7 Å². The van der Waals surface area contributed by atoms with E-state index in [9.17, 15) is 0 Å². The molecule has 2 rings (SSSR count). The Morgan fingerprint density at radius 1 is 1.35 bits per heavy atom. The van der Waals surface area contributed by atoms with E-state index in [2.05, 4.69) is 15.5 Å². The summed E-state index contributed by atoms with van der Waals surface area (Å²) in [6.07, 6.45) is 0. The van der Waals surface area contributed by atoms with Gasteiger partial charge in [0.2, 0.25) is 5.89 Å². The molecule has 0 saturated carbocycles. The van der Waals surface area contributed by atoms with Crippen molar-refractivity contribution in [3.05, 3.63) is 30.2 Å². The number of anilines is 2. The predicted molar refractivity (Wildman–Crippen MR) is 77.4 cm³/mol. The number of methoxy groups -OCH3 is 1. The first-order valence-corrected chi connectivity index (χ1v) is 6.60. The fourth-order valence-electron chi connectivity index (χ4n) is 1.94. The minimum absolute atomic E-state index is 0.0346. The second-order valence-corrected chi connectivity index (χ2v) is 4.43. The molecule has 1 atom stereocenters. The first-order valence-electron chi connectivity index (χ1n) is 6.60. The van der Waals surface area contributed by atoms with Gasteiger partial charge in [0, 0.05) is 7.05 Å². The molecule has 0 bridgehead atoms. The summed E-state index contributed by atoms with van der Waals surface area (Å²) >= 11 is 0. The lowest BCUT2D eigenvalue weighted by Gasteiger charge is -2.17. The van der Waals surface area contributed by atoms with E-state index in [4.69, 9.17) is 9.15 Å². The maximum Gasteiger partial charge on any atom is 0.322 e. The minimum atomic E-state index is 0.0346. The molecule has 0 aliphatic rings. The van der Waals surface area contributed by atoms with Gasteiger partial charge in [-0.1, -0.05) is 24.2 Å². The molecule has 1 N–H and O–H groups in total. The standard InChI is InChI=1S/C14H20N4O2/c1-5-15-10(2)13-16-17-14(20-13)18(3)11-8-6-7-9-12(11)19-4/h6-10,15H,5H2,1-4H3. The van der Waals surface area contributed by atoms with E-state index < -0.39 is 0 Å². The number of nitrogens with zero attached hydrogens (tertiary/aromatic N) is 3. The highest BCUT2D eigenvalue weighted by atomic mass is 16.5. The van der Waals surface area contributed by atoms with Crippen LogP contribution in [0.2, 0.25) is 0 Å². The third kappa shape index (κ3) is 2.91. The van der Waals surface area contributed by atoms with Gasteiger partial charge in [-0.3, -0.25) is 4.90 Å². The zero-order valence-corrected chi connectivity index (χ0v) is 12.3. The molecule has 0 aliphatic carbocycles. The average molecular weight is 276 g/mol. The maximum atomic E-state index is 5.70. The van der Waals surface area contributed by atoms with Crippen molar-refractivity contribution in [1.29, 1.82) is 0 Å². The number of nitrogens with one attached hydrogen (secondary N) is 1. The van der Waals surface area contributed by atoms with Gasteiger partial charge >= 0.3 is 6.01 Å². The molecular formula is C14H20N4O2. The van der Waals surface area contributed by atoms with Crippen molar-refractivity contribution in [3.63, 3.8) is 0 Å². The van der Waals surface area contributed by atoms with Gasteiger partial charge in [0.15, 0.2) is 0 Å². The Morgan fingerprint density at radius 3 is 2.80 bits per heavy atom. The normalized spacial score (nSPS) is 12.2. The summed E-state index contributed by atoms with van der Waals surface area (Å²) in [5, 5.41) is 11.4. The molecule has 108 valence electrons. The summed E-state index contributed by atoms with van der Waals surface area (Å²) in [6, 6.07) is 8.16. The van der Waals surface area contributed by atoms with E-state index in [0.29, 0.717) is 11.9 Å². The Hall–Kier alpha value is -2.08. The molecule has 6 heteroatoms. The minimum Gasteiger partial charge on any atom is -0.495 e. The summed E-state index contributed by atoms with van der Waals surface area (Å²) in [7, 11) is 3.51. The van der Waals surface area contributed by atoms with Crippen LogP contribution in [0, 0.1) is 0 Å². The molecule has 2 aromatic rings. The zero-order chi connectivity index (χ0) is 14.5. The lowest BCUT2D eigenvalue weighted by Crippen LogP contribution is -2.17. The molecule has 1 heterocycles. The van der Waals surface area contributed by atoms with Crippen LogP contribution in [0.4, 0.5) is 11.7 Å². The molecule has 0 saturated heterocycles. The zero-order valence-electron chi connectivity index (χ0n) is 12.3. The topological polar surface area (TPSA) is 63.4 Å². The van der Waals surface area contributed by atoms with E-state index in [1.54, 1.807) is 7.11 Å². The summed E-state index contributed by atoms with van der Waals surface area (Å²) < 4.78 is 11.0. The van der Waals surface area contributed by atoms with Crippen molar-refractivity contribution in [3.8, 4) is 5.75 Å². The van der Waals surface area contributed by atoms with Crippen molar-refractivity contribution in [2.24, 2.45) is 0 Å². The highest BCUT2D eigenvalue weighted by Crippen LogP contribution is 2.31. The molecule has 0 spiro atoms. The molecular weight excluding hydrogens is 256 g/mol. The van der Waals surface area contributed by atoms with Crippen LogP contribution in [-0.2, 0) is 0 Å². The third-order valence-electron chi connectivity index (χ3n) is 3.04. The van der Waals surface area contributed by atoms with E-state index in [1.807, 2.05) is 50.1 Å². The highest BCUT2D eigenvalue weighted by Gasteiger charge is 2.18. The second-order valence-electron chi connectivity index (χ2n) is 4.43. The first kappa shape index (κ1) is 14.3. The number of rotatable bonds is 6. The molecule has 1 unspecified atom stereocenters. The van der Waals surface area contributed by atoms with Gasteiger partial charge in [-0.2, -0.15) is 0 Å². The summed E-state index contributed by atoms with van der Waals surface area (Å²) in [6.45, 7) is 4.87. The first-order chi connectivity index (χ1) is 9.67. The molecule has 0 radical (unpaired) electrons. The van der Waals surface area contributed by atoms with Gasteiger partial charge in [-0.25, -0.2) is 0 Å². The monoisotopic (exact) mass is 276 g/mol. The van der Waals surface area contributed by atoms with Crippen molar-refractivity contribution in [2.75, 3.05) is 25.6 Å². The largest absolute Gasteiger partial charge is 0.495 e. The quantitative estimate of drug-likeness (QED) is 0.874. The smallest absolute Gasteiger partial charge is 0.322 e. The molecule has 1 aromatic carbocycles. The molecule has 6 nitrogen and oxygen atoms in total. The van der Waals surface area contributed by atoms with Crippen LogP contribution >= 0.6 is 0 Å². The van der Waals surface area contributed by atoms with E-state index in [-0.39, 0.29) is 6.04 Å². The highest BCUT2D eigenvalue weighted by molar-refractivity contribution is 5.63. The number of benzene rings is 1. The Balaban J connectivity index is 2.23. The lowest BCUT2D eigenvalue weighted by molar-refractivity contribution is 0.411. The van der Waals surface area contributed by atoms with Crippen molar-refractivity contribution in [1.82, 2.24) is 15.5 Å². The third-order valence-corrected chi connectivity index (χ3v) is 3.04. The number of para-hydroxylation sites is 2. The Kier molecular flexibility index (Phi) is 4.57. The van der Waals surface area contributed by atoms with Crippen LogP contribution in [0.25, 0.3) is 0 Å². The van der Waals surface area contributed by atoms with Crippen LogP contribution in [0.1, 0.15) is 25.8 Å². The van der Waals surface area contributed by atoms with E-state index in [0.717, 1.165) is 18.0 Å². The number of ether oxygens (including phenoxy) is 1. The predicted octanol–water partition coefficient (Wildman–Crippen LogP) is 2.52. The Morgan fingerprint density at radius 2 is 2.10 bits per heavy atom. The lowest BCUT2D eigenvalue weighted by atomic mass is 10.3. The van der Waals surface area contributed by atoms with Crippen molar-refractivity contribution >= 4 is 11.7 Å². The van der Waals surface area contributed by atoms with Crippen LogP contribution in [0.3, 0.4) is 0 Å². The number of hydrogen-bond donors (Lipinski definition) is 1. The van der Waals surface area contributed by atoms with Crippen LogP contribution in [-0.4, -0.2) is 30.9 Å². The second kappa shape index (κ2) is 6.38. The van der Waals surface area contributed by atoms with Crippen molar-refractivity contribution in [2.45, 2.75) is 19.9 Å². The summed E-state index contributed by atoms with van der Waals surface area (Å²) in [5.41, 5.74) is 0.876. The molecule has 0 fully saturated rings. The molecule has 20 heavy (non-hydrogen) atoms. The van der Waals surface area contributed by atoms with Crippen LogP contribution in [0.5, 0.6) is 5.75 Å². The van der Waals surface area contributed by atoms with Crippen LogP contribution < -0.4 is 15.0 Å².